The molecule has 2 nitrogen and oxygen atoms in total. The minimum Gasteiger partial charge on any atom is -0.374 e. The van der Waals surface area contributed by atoms with Crippen molar-refractivity contribution in [1.82, 2.24) is 5.32 Å². The predicted octanol–water partition coefficient (Wildman–Crippen LogP) is 4.34. The Morgan fingerprint density at radius 2 is 2.14 bits per heavy atom. The van der Waals surface area contributed by atoms with Gasteiger partial charge >= 0.3 is 0 Å². The number of thioether (sulfide) groups is 1. The largest absolute Gasteiger partial charge is 0.374 e. The fraction of sp³-hybridized carbons (Fsp3) is 1.00. The van der Waals surface area contributed by atoms with Gasteiger partial charge in [-0.05, 0) is 55.2 Å². The Morgan fingerprint density at radius 1 is 1.38 bits per heavy atom. The Bertz CT molecular complexity index is 320. The van der Waals surface area contributed by atoms with Crippen LogP contribution in [0, 0.1) is 17.3 Å². The van der Waals surface area contributed by atoms with Gasteiger partial charge in [-0.3, -0.25) is 0 Å². The van der Waals surface area contributed by atoms with Gasteiger partial charge in [-0.1, -0.05) is 34.6 Å². The van der Waals surface area contributed by atoms with E-state index in [2.05, 4.69) is 51.7 Å². The summed E-state index contributed by atoms with van der Waals surface area (Å²) in [4.78, 5) is 0. The first-order chi connectivity index (χ1) is 9.86. The lowest BCUT2D eigenvalue weighted by Gasteiger charge is -2.42. The van der Waals surface area contributed by atoms with Crippen LogP contribution in [0.25, 0.3) is 0 Å². The van der Waals surface area contributed by atoms with Gasteiger partial charge in [0.05, 0.1) is 5.60 Å². The molecule has 0 amide bonds. The summed E-state index contributed by atoms with van der Waals surface area (Å²) in [7, 11) is 0. The first kappa shape index (κ1) is 17.6. The van der Waals surface area contributed by atoms with Crippen molar-refractivity contribution >= 4 is 11.8 Å². The molecule has 124 valence electrons. The molecule has 0 aromatic rings. The third-order valence-electron chi connectivity index (χ3n) is 5.72. The van der Waals surface area contributed by atoms with Crippen LogP contribution < -0.4 is 5.32 Å². The van der Waals surface area contributed by atoms with E-state index in [1.165, 1.54) is 37.2 Å². The molecule has 0 saturated carbocycles. The fourth-order valence-corrected chi connectivity index (χ4v) is 5.09. The zero-order chi connectivity index (χ0) is 15.5. The number of hydrogen-bond acceptors (Lipinski definition) is 3. The molecule has 0 aromatic heterocycles. The number of rotatable bonds is 5. The second-order valence-corrected chi connectivity index (χ2v) is 9.36. The lowest BCUT2D eigenvalue weighted by molar-refractivity contribution is -0.0866. The van der Waals surface area contributed by atoms with E-state index in [0.717, 1.165) is 25.0 Å². The molecule has 4 atom stereocenters. The molecule has 3 heteroatoms. The molecule has 0 aromatic carbocycles. The van der Waals surface area contributed by atoms with E-state index >= 15 is 0 Å². The van der Waals surface area contributed by atoms with Gasteiger partial charge in [-0.25, -0.2) is 0 Å². The molecule has 2 heterocycles. The molecular weight excluding hydrogens is 278 g/mol. The maximum atomic E-state index is 6.21. The zero-order valence-corrected chi connectivity index (χ0v) is 15.5. The van der Waals surface area contributed by atoms with Crippen molar-refractivity contribution in [3.63, 3.8) is 0 Å². The van der Waals surface area contributed by atoms with Crippen molar-refractivity contribution in [2.24, 2.45) is 17.3 Å². The van der Waals surface area contributed by atoms with Crippen molar-refractivity contribution in [1.29, 1.82) is 0 Å². The predicted molar refractivity (Wildman–Crippen MR) is 94.0 cm³/mol. The Morgan fingerprint density at radius 3 is 2.71 bits per heavy atom. The van der Waals surface area contributed by atoms with E-state index in [-0.39, 0.29) is 5.60 Å². The minimum absolute atomic E-state index is 0.215. The summed E-state index contributed by atoms with van der Waals surface area (Å²) in [6, 6.07) is 0.663. The van der Waals surface area contributed by atoms with Gasteiger partial charge in [-0.15, -0.1) is 0 Å². The van der Waals surface area contributed by atoms with Crippen LogP contribution in [0.4, 0.5) is 0 Å². The highest BCUT2D eigenvalue weighted by Crippen LogP contribution is 2.42. The summed E-state index contributed by atoms with van der Waals surface area (Å²) in [6.45, 7) is 13.8. The van der Waals surface area contributed by atoms with Crippen molar-refractivity contribution in [2.45, 2.75) is 71.9 Å². The molecule has 2 saturated heterocycles. The highest BCUT2D eigenvalue weighted by molar-refractivity contribution is 7.99. The second-order valence-electron chi connectivity index (χ2n) is 8.25. The van der Waals surface area contributed by atoms with Gasteiger partial charge in [0, 0.05) is 18.4 Å². The third kappa shape index (κ3) is 4.62. The molecule has 0 radical (unpaired) electrons. The molecule has 2 aliphatic rings. The quantitative estimate of drug-likeness (QED) is 0.816. The van der Waals surface area contributed by atoms with Crippen LogP contribution in [0.1, 0.15) is 60.3 Å². The van der Waals surface area contributed by atoms with Gasteiger partial charge in [0.1, 0.15) is 0 Å². The van der Waals surface area contributed by atoms with Crippen LogP contribution in [0.5, 0.6) is 0 Å². The SMILES string of the molecule is CCNC(CC(C)C(C)(C)C)C1CCOC2(CCSC2)C1. The standard InChI is InChI=1S/C18H35NOS/c1-6-19-16(11-14(2)17(3,4)5)15-7-9-20-18(12-15)8-10-21-13-18/h14-16,19H,6-13H2,1-5H3. The molecule has 2 aliphatic heterocycles. The van der Waals surface area contributed by atoms with Crippen molar-refractivity contribution in [3.8, 4) is 0 Å². The Labute approximate surface area is 136 Å². The normalized spacial score (nSPS) is 33.3. The first-order valence-electron chi connectivity index (χ1n) is 8.81. The van der Waals surface area contributed by atoms with Gasteiger partial charge < -0.3 is 10.1 Å². The molecule has 1 N–H and O–H groups in total. The molecule has 1 spiro atoms. The third-order valence-corrected chi connectivity index (χ3v) is 6.94. The summed E-state index contributed by atoms with van der Waals surface area (Å²) in [5, 5.41) is 3.80. The molecule has 21 heavy (non-hydrogen) atoms. The van der Waals surface area contributed by atoms with Gasteiger partial charge in [0.25, 0.3) is 0 Å². The number of nitrogens with one attached hydrogen (secondary N) is 1. The van der Waals surface area contributed by atoms with Gasteiger partial charge in [0.2, 0.25) is 0 Å². The summed E-state index contributed by atoms with van der Waals surface area (Å²) in [6.07, 6.45) is 5.07. The van der Waals surface area contributed by atoms with Crippen LogP contribution in [0.3, 0.4) is 0 Å². The van der Waals surface area contributed by atoms with E-state index in [4.69, 9.17) is 4.74 Å². The van der Waals surface area contributed by atoms with Gasteiger partial charge in [0.15, 0.2) is 0 Å². The number of hydrogen-bond donors (Lipinski definition) is 1. The number of ether oxygens (including phenoxy) is 1. The average Bonchev–Trinajstić information content (AvgIpc) is 2.85. The lowest BCUT2D eigenvalue weighted by Crippen LogP contribution is -2.48. The second kappa shape index (κ2) is 7.23. The van der Waals surface area contributed by atoms with Crippen molar-refractivity contribution in [3.05, 3.63) is 0 Å². The summed E-state index contributed by atoms with van der Waals surface area (Å²) in [5.74, 6) is 4.05. The van der Waals surface area contributed by atoms with E-state index in [0.29, 0.717) is 11.5 Å². The maximum Gasteiger partial charge on any atom is 0.0783 e. The Hall–Kier alpha value is 0.270. The molecule has 0 bridgehead atoms. The highest BCUT2D eigenvalue weighted by Gasteiger charge is 2.42. The Balaban J connectivity index is 2.00. The Kier molecular flexibility index (Phi) is 6.07. The average molecular weight is 314 g/mol. The van der Waals surface area contributed by atoms with Crippen LogP contribution in [0.2, 0.25) is 0 Å². The first-order valence-corrected chi connectivity index (χ1v) is 9.97. The van der Waals surface area contributed by atoms with E-state index in [1.54, 1.807) is 0 Å². The molecule has 0 aliphatic carbocycles. The van der Waals surface area contributed by atoms with Crippen LogP contribution >= 0.6 is 11.8 Å². The van der Waals surface area contributed by atoms with Crippen LogP contribution in [0.15, 0.2) is 0 Å². The lowest BCUT2D eigenvalue weighted by atomic mass is 9.73. The molecular formula is C18H35NOS. The minimum atomic E-state index is 0.215. The van der Waals surface area contributed by atoms with Crippen molar-refractivity contribution in [2.75, 3.05) is 24.7 Å². The fourth-order valence-electron chi connectivity index (χ4n) is 3.71. The topological polar surface area (TPSA) is 21.3 Å². The summed E-state index contributed by atoms with van der Waals surface area (Å²) in [5.41, 5.74) is 0.617. The van der Waals surface area contributed by atoms with Crippen LogP contribution in [-0.4, -0.2) is 36.3 Å². The van der Waals surface area contributed by atoms with E-state index in [1.807, 2.05) is 0 Å². The van der Waals surface area contributed by atoms with Crippen LogP contribution in [-0.2, 0) is 4.74 Å². The molecule has 2 fully saturated rings. The van der Waals surface area contributed by atoms with E-state index < -0.39 is 0 Å². The zero-order valence-electron chi connectivity index (χ0n) is 14.7. The summed E-state index contributed by atoms with van der Waals surface area (Å²) >= 11 is 2.08. The van der Waals surface area contributed by atoms with E-state index in [9.17, 15) is 0 Å². The molecule has 2 rings (SSSR count). The highest BCUT2D eigenvalue weighted by atomic mass is 32.2. The maximum absolute atomic E-state index is 6.21. The van der Waals surface area contributed by atoms with Gasteiger partial charge in [-0.2, -0.15) is 11.8 Å². The monoisotopic (exact) mass is 313 g/mol. The molecule has 4 unspecified atom stereocenters. The smallest absolute Gasteiger partial charge is 0.0783 e. The summed E-state index contributed by atoms with van der Waals surface area (Å²) < 4.78 is 6.21. The van der Waals surface area contributed by atoms with Crippen molar-refractivity contribution < 1.29 is 4.74 Å².